The van der Waals surface area contributed by atoms with Crippen LogP contribution in [0, 0.1) is 5.92 Å². The van der Waals surface area contributed by atoms with Crippen molar-refractivity contribution in [2.24, 2.45) is 5.92 Å². The Morgan fingerprint density at radius 2 is 2.38 bits per heavy atom. The van der Waals surface area contributed by atoms with Crippen LogP contribution in [0.25, 0.3) is 0 Å². The fourth-order valence-electron chi connectivity index (χ4n) is 1.53. The quantitative estimate of drug-likeness (QED) is 0.662. The topological polar surface area (TPSA) is 44.4 Å². The summed E-state index contributed by atoms with van der Waals surface area (Å²) in [7, 11) is 1.93. The first-order valence-electron chi connectivity index (χ1n) is 4.83. The second kappa shape index (κ2) is 4.46. The van der Waals surface area contributed by atoms with Gasteiger partial charge in [0.05, 0.1) is 0 Å². The lowest BCUT2D eigenvalue weighted by molar-refractivity contribution is 0.168. The molecule has 4 nitrogen and oxygen atoms in total. The number of likely N-dealkylation sites (N-methyl/N-ethyl adjacent to an activating group) is 1. The zero-order valence-corrected chi connectivity index (χ0v) is 8.63. The van der Waals surface area contributed by atoms with Gasteiger partial charge in [-0.05, 0) is 13.0 Å². The highest BCUT2D eigenvalue weighted by Gasteiger charge is 2.23. The molecule has 1 atom stereocenters. The van der Waals surface area contributed by atoms with Crippen molar-refractivity contribution in [2.75, 3.05) is 26.7 Å². The molecule has 0 bridgehead atoms. The van der Waals surface area contributed by atoms with Crippen molar-refractivity contribution in [1.82, 2.24) is 15.5 Å². The van der Waals surface area contributed by atoms with Crippen molar-refractivity contribution in [1.29, 1.82) is 0 Å². The second-order valence-corrected chi connectivity index (χ2v) is 3.97. The predicted molar refractivity (Wildman–Crippen MR) is 52.7 cm³/mol. The SMILES string of the molecule is CNC1CNC(=O)N(CC(C)C)C1. The van der Waals surface area contributed by atoms with Crippen LogP contribution in [0.1, 0.15) is 13.8 Å². The zero-order valence-electron chi connectivity index (χ0n) is 8.63. The summed E-state index contributed by atoms with van der Waals surface area (Å²) in [4.78, 5) is 13.2. The molecule has 0 aromatic carbocycles. The Bertz CT molecular complexity index is 182. The summed E-state index contributed by atoms with van der Waals surface area (Å²) in [5.41, 5.74) is 0. The summed E-state index contributed by atoms with van der Waals surface area (Å²) in [5.74, 6) is 0.529. The molecule has 0 aliphatic carbocycles. The highest BCUT2D eigenvalue weighted by atomic mass is 16.2. The van der Waals surface area contributed by atoms with Gasteiger partial charge in [-0.3, -0.25) is 0 Å². The number of hydrogen-bond acceptors (Lipinski definition) is 2. The molecular formula is C9H19N3O. The maximum Gasteiger partial charge on any atom is 0.317 e. The smallest absolute Gasteiger partial charge is 0.317 e. The van der Waals surface area contributed by atoms with Crippen LogP contribution in [0.15, 0.2) is 0 Å². The van der Waals surface area contributed by atoms with Crippen molar-refractivity contribution in [3.63, 3.8) is 0 Å². The van der Waals surface area contributed by atoms with Crippen molar-refractivity contribution >= 4 is 6.03 Å². The molecular weight excluding hydrogens is 166 g/mol. The van der Waals surface area contributed by atoms with E-state index in [-0.39, 0.29) is 6.03 Å². The van der Waals surface area contributed by atoms with E-state index in [1.165, 1.54) is 0 Å². The Balaban J connectivity index is 2.45. The number of nitrogens with zero attached hydrogens (tertiary/aromatic N) is 1. The fourth-order valence-corrected chi connectivity index (χ4v) is 1.53. The zero-order chi connectivity index (χ0) is 9.84. The third-order valence-corrected chi connectivity index (χ3v) is 2.22. The maximum atomic E-state index is 11.4. The van der Waals surface area contributed by atoms with Crippen LogP contribution in [0.3, 0.4) is 0 Å². The Morgan fingerprint density at radius 1 is 1.69 bits per heavy atom. The lowest BCUT2D eigenvalue weighted by atomic mass is 10.1. The van der Waals surface area contributed by atoms with Gasteiger partial charge < -0.3 is 15.5 Å². The third-order valence-electron chi connectivity index (χ3n) is 2.22. The van der Waals surface area contributed by atoms with E-state index in [4.69, 9.17) is 0 Å². The van der Waals surface area contributed by atoms with Gasteiger partial charge >= 0.3 is 6.03 Å². The molecule has 76 valence electrons. The molecule has 2 N–H and O–H groups in total. The van der Waals surface area contributed by atoms with Gasteiger partial charge in [-0.15, -0.1) is 0 Å². The van der Waals surface area contributed by atoms with Gasteiger partial charge in [0.25, 0.3) is 0 Å². The summed E-state index contributed by atoms with van der Waals surface area (Å²) in [6.07, 6.45) is 0. The summed E-state index contributed by atoms with van der Waals surface area (Å²) >= 11 is 0. The number of carbonyl (C=O) groups excluding carboxylic acids is 1. The van der Waals surface area contributed by atoms with E-state index >= 15 is 0 Å². The highest BCUT2D eigenvalue weighted by molar-refractivity contribution is 5.75. The number of nitrogens with one attached hydrogen (secondary N) is 2. The number of urea groups is 1. The molecule has 0 spiro atoms. The minimum absolute atomic E-state index is 0.0696. The molecule has 0 saturated carbocycles. The third kappa shape index (κ3) is 2.88. The van der Waals surface area contributed by atoms with Crippen LogP contribution < -0.4 is 10.6 Å². The molecule has 2 amide bonds. The van der Waals surface area contributed by atoms with E-state index in [1.807, 2.05) is 11.9 Å². The average molecular weight is 185 g/mol. The maximum absolute atomic E-state index is 11.4. The summed E-state index contributed by atoms with van der Waals surface area (Å²) in [6, 6.07) is 0.455. The lowest BCUT2D eigenvalue weighted by Crippen LogP contribution is -2.57. The Morgan fingerprint density at radius 3 is 2.92 bits per heavy atom. The highest BCUT2D eigenvalue weighted by Crippen LogP contribution is 2.04. The first kappa shape index (κ1) is 10.3. The Kier molecular flexibility index (Phi) is 3.54. The molecule has 0 aromatic rings. The first-order valence-corrected chi connectivity index (χ1v) is 4.83. The van der Waals surface area contributed by atoms with Gasteiger partial charge in [0.2, 0.25) is 0 Å². The normalized spacial score (nSPS) is 23.5. The van der Waals surface area contributed by atoms with Gasteiger partial charge in [0, 0.05) is 25.7 Å². The number of carbonyl (C=O) groups is 1. The van der Waals surface area contributed by atoms with Gasteiger partial charge in [-0.1, -0.05) is 13.8 Å². The molecule has 1 fully saturated rings. The van der Waals surface area contributed by atoms with Crippen LogP contribution in [-0.4, -0.2) is 43.7 Å². The van der Waals surface area contributed by atoms with Gasteiger partial charge in [0.15, 0.2) is 0 Å². The lowest BCUT2D eigenvalue weighted by Gasteiger charge is -2.34. The largest absolute Gasteiger partial charge is 0.336 e. The van der Waals surface area contributed by atoms with E-state index in [9.17, 15) is 4.79 Å². The Hall–Kier alpha value is -0.770. The molecule has 0 radical (unpaired) electrons. The molecule has 1 aliphatic heterocycles. The van der Waals surface area contributed by atoms with Crippen LogP contribution in [-0.2, 0) is 0 Å². The molecule has 13 heavy (non-hydrogen) atoms. The number of hydrogen-bond donors (Lipinski definition) is 2. The van der Waals surface area contributed by atoms with Gasteiger partial charge in [-0.2, -0.15) is 0 Å². The van der Waals surface area contributed by atoms with Crippen LogP contribution in [0.2, 0.25) is 0 Å². The first-order chi connectivity index (χ1) is 6.13. The van der Waals surface area contributed by atoms with Crippen molar-refractivity contribution < 1.29 is 4.79 Å². The number of rotatable bonds is 3. The molecule has 0 aromatic heterocycles. The average Bonchev–Trinajstić information content (AvgIpc) is 2.08. The summed E-state index contributed by atoms with van der Waals surface area (Å²) in [5, 5.41) is 6.03. The van der Waals surface area contributed by atoms with Crippen LogP contribution in [0.4, 0.5) is 4.79 Å². The van der Waals surface area contributed by atoms with E-state index in [1.54, 1.807) is 0 Å². The van der Waals surface area contributed by atoms with E-state index in [0.29, 0.717) is 12.0 Å². The van der Waals surface area contributed by atoms with Crippen molar-refractivity contribution in [3.05, 3.63) is 0 Å². The molecule has 1 heterocycles. The second-order valence-electron chi connectivity index (χ2n) is 3.97. The van der Waals surface area contributed by atoms with Gasteiger partial charge in [-0.25, -0.2) is 4.79 Å². The molecule has 4 heteroatoms. The van der Waals surface area contributed by atoms with Crippen molar-refractivity contribution in [3.8, 4) is 0 Å². The van der Waals surface area contributed by atoms with Gasteiger partial charge in [0.1, 0.15) is 0 Å². The standard InChI is InChI=1S/C9H19N3O/c1-7(2)5-12-6-8(10-3)4-11-9(12)13/h7-8,10H,4-6H2,1-3H3,(H,11,13). The molecule has 1 saturated heterocycles. The molecule has 1 aliphatic rings. The minimum atomic E-state index is 0.0696. The molecule has 1 unspecified atom stereocenters. The van der Waals surface area contributed by atoms with Crippen LogP contribution in [0.5, 0.6) is 0 Å². The molecule has 1 rings (SSSR count). The predicted octanol–water partition coefficient (Wildman–Crippen LogP) is 0.256. The Labute approximate surface area is 79.7 Å². The van der Waals surface area contributed by atoms with Crippen molar-refractivity contribution in [2.45, 2.75) is 19.9 Å². The summed E-state index contributed by atoms with van der Waals surface area (Å²) in [6.45, 7) is 6.64. The number of amides is 2. The monoisotopic (exact) mass is 185 g/mol. The fraction of sp³-hybridized carbons (Fsp3) is 0.889. The van der Waals surface area contributed by atoms with E-state index in [0.717, 1.165) is 19.6 Å². The van der Waals surface area contributed by atoms with E-state index < -0.39 is 0 Å². The van der Waals surface area contributed by atoms with E-state index in [2.05, 4.69) is 24.5 Å². The summed E-state index contributed by atoms with van der Waals surface area (Å²) < 4.78 is 0. The minimum Gasteiger partial charge on any atom is -0.336 e. The van der Waals surface area contributed by atoms with Crippen LogP contribution >= 0.6 is 0 Å².